The number of rotatable bonds is 9. The molecule has 0 bridgehead atoms. The van der Waals surface area contributed by atoms with Crippen molar-refractivity contribution in [2.45, 2.75) is 6.61 Å². The van der Waals surface area contributed by atoms with Gasteiger partial charge in [-0.15, -0.1) is 24.3 Å². The summed E-state index contributed by atoms with van der Waals surface area (Å²) < 4.78 is 89.4. The van der Waals surface area contributed by atoms with Gasteiger partial charge in [0.1, 0.15) is 23.9 Å². The maximum absolute atomic E-state index is 14.6. The number of fused-ring (bicyclic) bond motifs is 3. The van der Waals surface area contributed by atoms with E-state index in [1.165, 1.54) is 26.5 Å². The fraction of sp³-hybridized carbons (Fsp3) is 0.0612. The molecule has 1 N–H and O–H groups in total. The van der Waals surface area contributed by atoms with Crippen LogP contribution < -0.4 is 29.3 Å². The third-order valence-corrected chi connectivity index (χ3v) is 11.9. The van der Waals surface area contributed by atoms with Crippen LogP contribution in [0.15, 0.2) is 152 Å². The van der Waals surface area contributed by atoms with Gasteiger partial charge in [0.15, 0.2) is 11.4 Å². The molecule has 9 rings (SSSR count). The molecule has 0 saturated carbocycles. The Labute approximate surface area is 384 Å². The number of aromatic nitrogens is 3. The number of para-hydroxylation sites is 1. The molecule has 1 aliphatic rings. The van der Waals surface area contributed by atoms with Crippen LogP contribution in [0.2, 0.25) is 0 Å². The number of ether oxygens (including phenoxy) is 3. The van der Waals surface area contributed by atoms with Crippen molar-refractivity contribution in [3.8, 4) is 56.6 Å². The summed E-state index contributed by atoms with van der Waals surface area (Å²) in [6.07, 6.45) is 4.48. The summed E-state index contributed by atoms with van der Waals surface area (Å²) in [5, 5.41) is 10.3. The van der Waals surface area contributed by atoms with E-state index >= 15 is 0 Å². The third kappa shape index (κ3) is 10.8. The average Bonchev–Trinajstić information content (AvgIpc) is 3.31. The van der Waals surface area contributed by atoms with Gasteiger partial charge < -0.3 is 33.8 Å². The van der Waals surface area contributed by atoms with Crippen molar-refractivity contribution in [3.63, 3.8) is 0 Å². The molecule has 8 aromatic rings. The fourth-order valence-electron chi connectivity index (χ4n) is 6.51. The number of hydrogen-bond acceptors (Lipinski definition) is 9. The Bertz CT molecular complexity index is 2900. The Hall–Kier alpha value is -7.18. The molecule has 0 saturated heterocycles. The SMILES string of the molecule is COc1cc(P2(=O)Oc3ccccc3-c3ccccc32)c(OC)cc1COc1cccnc1C(=O)O.Fc1c[c-]c(-c2ccccn2)c(F)c1.Fc1c[c-]c(-c2ccccn2)c(F)c1.[Ir]. The van der Waals surface area contributed by atoms with E-state index in [2.05, 4.69) is 27.1 Å². The molecule has 5 aromatic carbocycles. The Morgan fingerprint density at radius 1 is 0.646 bits per heavy atom. The monoisotopic (exact) mass is 1080 g/mol. The van der Waals surface area contributed by atoms with Gasteiger partial charge in [-0.05, 0) is 65.5 Å². The second kappa shape index (κ2) is 21.5. The molecular formula is C49H34F4IrN3O7P-2. The van der Waals surface area contributed by atoms with E-state index in [-0.39, 0.29) is 49.3 Å². The number of carboxylic acids is 1. The molecule has 4 heterocycles. The molecule has 1 radical (unpaired) electrons. The van der Waals surface area contributed by atoms with Crippen molar-refractivity contribution in [1.29, 1.82) is 0 Å². The molecule has 1 atom stereocenters. The standard InChI is InChI=1S/C27H22NO7P.2C11H6F2N.Ir/c1-32-22-15-25(23(33-2)14-17(22)16-34-21-11-7-13-28-26(21)27(29)30)36(31)24-12-6-4-9-19(24)18-8-3-5-10-20(18)35-36;2*12-8-4-5-9(10(13)7-8)11-3-1-2-6-14-11;/h3-15H,16H2,1-2H3,(H,29,30);2*1-4,6-7H;/q;2*-1;. The molecule has 0 amide bonds. The van der Waals surface area contributed by atoms with Crippen LogP contribution in [0, 0.1) is 35.4 Å². The number of nitrogens with zero attached hydrogens (tertiary/aromatic N) is 3. The Kier molecular flexibility index (Phi) is 15.6. The second-order valence-corrected chi connectivity index (χ2v) is 15.7. The maximum atomic E-state index is 14.6. The first-order valence-corrected chi connectivity index (χ1v) is 20.7. The number of aromatic carboxylic acids is 1. The van der Waals surface area contributed by atoms with Crippen LogP contribution in [0.3, 0.4) is 0 Å². The van der Waals surface area contributed by atoms with Crippen LogP contribution in [0.5, 0.6) is 23.0 Å². The van der Waals surface area contributed by atoms with E-state index < -0.39 is 36.6 Å². The summed E-state index contributed by atoms with van der Waals surface area (Å²) in [6, 6.07) is 40.4. The topological polar surface area (TPSA) is 130 Å². The van der Waals surface area contributed by atoms with E-state index in [4.69, 9.17) is 18.7 Å². The molecule has 16 heteroatoms. The predicted molar refractivity (Wildman–Crippen MR) is 231 cm³/mol. The molecule has 65 heavy (non-hydrogen) atoms. The molecule has 0 spiro atoms. The van der Waals surface area contributed by atoms with Crippen molar-refractivity contribution in [3.05, 3.63) is 199 Å². The van der Waals surface area contributed by atoms with E-state index in [1.54, 1.807) is 79.1 Å². The number of methoxy groups -OCH3 is 2. The number of benzene rings is 5. The van der Waals surface area contributed by atoms with Crippen molar-refractivity contribution < 1.29 is 70.9 Å². The molecule has 3 aromatic heterocycles. The Morgan fingerprint density at radius 2 is 1.20 bits per heavy atom. The Balaban J connectivity index is 0.000000197. The molecule has 0 aliphatic carbocycles. The smallest absolute Gasteiger partial charge is 0.358 e. The molecule has 10 nitrogen and oxygen atoms in total. The summed E-state index contributed by atoms with van der Waals surface area (Å²) in [5.74, 6) is -2.41. The number of pyridine rings is 3. The van der Waals surface area contributed by atoms with Crippen LogP contribution in [0.4, 0.5) is 17.6 Å². The molecule has 1 aliphatic heterocycles. The van der Waals surface area contributed by atoms with E-state index in [0.717, 1.165) is 35.4 Å². The van der Waals surface area contributed by atoms with Gasteiger partial charge in [-0.2, -0.15) is 0 Å². The van der Waals surface area contributed by atoms with Crippen LogP contribution >= 0.6 is 7.37 Å². The summed E-state index contributed by atoms with van der Waals surface area (Å²) in [7, 11) is -0.663. The van der Waals surface area contributed by atoms with Gasteiger partial charge >= 0.3 is 13.3 Å². The zero-order chi connectivity index (χ0) is 45.2. The zero-order valence-corrected chi connectivity index (χ0v) is 37.5. The minimum Gasteiger partial charge on any atom is -0.496 e. The van der Waals surface area contributed by atoms with Gasteiger partial charge in [0.2, 0.25) is 0 Å². The van der Waals surface area contributed by atoms with Crippen molar-refractivity contribution in [2.24, 2.45) is 0 Å². The minimum atomic E-state index is -3.63. The van der Waals surface area contributed by atoms with Gasteiger partial charge in [0, 0.05) is 73.1 Å². The summed E-state index contributed by atoms with van der Waals surface area (Å²) in [5.41, 5.74) is 3.33. The molecule has 0 fully saturated rings. The minimum absolute atomic E-state index is 0. The molecular weight excluding hydrogens is 1040 g/mol. The third-order valence-electron chi connectivity index (χ3n) is 9.44. The molecule has 331 valence electrons. The van der Waals surface area contributed by atoms with E-state index in [1.807, 2.05) is 36.4 Å². The largest absolute Gasteiger partial charge is 0.496 e. The summed E-state index contributed by atoms with van der Waals surface area (Å²) in [4.78, 5) is 23.2. The van der Waals surface area contributed by atoms with E-state index in [9.17, 15) is 32.0 Å². The van der Waals surface area contributed by atoms with Gasteiger partial charge in [-0.3, -0.25) is 22.1 Å². The Morgan fingerprint density at radius 3 is 1.75 bits per heavy atom. The van der Waals surface area contributed by atoms with Crippen molar-refractivity contribution in [2.75, 3.05) is 14.2 Å². The number of carbonyl (C=O) groups is 1. The second-order valence-electron chi connectivity index (χ2n) is 13.4. The zero-order valence-electron chi connectivity index (χ0n) is 34.2. The first kappa shape index (κ1) is 47.3. The van der Waals surface area contributed by atoms with Gasteiger partial charge in [0.05, 0.1) is 24.8 Å². The fourth-order valence-corrected chi connectivity index (χ4v) is 8.93. The van der Waals surface area contributed by atoms with Crippen LogP contribution in [0.1, 0.15) is 16.1 Å². The van der Waals surface area contributed by atoms with Crippen molar-refractivity contribution in [1.82, 2.24) is 15.0 Å². The van der Waals surface area contributed by atoms with Crippen molar-refractivity contribution >= 4 is 23.9 Å². The summed E-state index contributed by atoms with van der Waals surface area (Å²) >= 11 is 0. The number of halogens is 4. The van der Waals surface area contributed by atoms with Crippen LogP contribution in [-0.4, -0.2) is 40.2 Å². The van der Waals surface area contributed by atoms with Crippen LogP contribution in [0.25, 0.3) is 33.6 Å². The first-order chi connectivity index (χ1) is 31.0. The van der Waals surface area contributed by atoms with E-state index in [0.29, 0.717) is 44.8 Å². The average molecular weight is 1080 g/mol. The summed E-state index contributed by atoms with van der Waals surface area (Å²) in [6.45, 7) is -0.0314. The first-order valence-electron chi connectivity index (χ1n) is 19.1. The number of carboxylic acid groups (broad SMARTS) is 1. The molecule has 1 unspecified atom stereocenters. The maximum Gasteiger partial charge on any atom is 0.358 e. The normalized spacial score (nSPS) is 13.1. The quantitative estimate of drug-likeness (QED) is 0.0847. The van der Waals surface area contributed by atoms with Gasteiger partial charge in [0.25, 0.3) is 0 Å². The van der Waals surface area contributed by atoms with Gasteiger partial charge in [-0.1, -0.05) is 83.9 Å². The van der Waals surface area contributed by atoms with Crippen LogP contribution in [-0.2, 0) is 31.3 Å². The number of hydrogen-bond donors (Lipinski definition) is 1. The van der Waals surface area contributed by atoms with Gasteiger partial charge in [-0.25, -0.2) is 9.78 Å². The predicted octanol–water partition coefficient (Wildman–Crippen LogP) is 10.3.